The molecule has 1 unspecified atom stereocenters. The molecule has 1 aliphatic heterocycles. The summed E-state index contributed by atoms with van der Waals surface area (Å²) in [4.78, 5) is 14.3. The summed E-state index contributed by atoms with van der Waals surface area (Å²) < 4.78 is 7.03. The molecule has 23 heavy (non-hydrogen) atoms. The Kier molecular flexibility index (Phi) is 4.23. The minimum absolute atomic E-state index is 0.0349. The van der Waals surface area contributed by atoms with Crippen LogP contribution in [0.4, 0.5) is 4.79 Å². The molecule has 6 heteroatoms. The zero-order valence-corrected chi connectivity index (χ0v) is 13.7. The molecule has 1 N–H and O–H groups in total. The molecule has 0 aliphatic carbocycles. The highest BCUT2D eigenvalue weighted by Gasteiger charge is 2.33. The highest BCUT2D eigenvalue weighted by Crippen LogP contribution is 2.34. The fourth-order valence-corrected chi connectivity index (χ4v) is 2.92. The molecule has 0 bridgehead atoms. The van der Waals surface area contributed by atoms with Crippen molar-refractivity contribution in [2.75, 3.05) is 13.7 Å². The molecule has 1 atom stereocenters. The number of carbonyl (C=O) groups is 1. The Morgan fingerprint density at radius 3 is 2.91 bits per heavy atom. The minimum Gasteiger partial charge on any atom is -0.497 e. The van der Waals surface area contributed by atoms with Gasteiger partial charge in [-0.25, -0.2) is 4.79 Å². The number of likely N-dealkylation sites (tertiary alicyclic amines) is 1. The van der Waals surface area contributed by atoms with E-state index in [2.05, 4.69) is 10.4 Å². The van der Waals surface area contributed by atoms with E-state index >= 15 is 0 Å². The molecule has 1 fully saturated rings. The van der Waals surface area contributed by atoms with Crippen molar-refractivity contribution in [3.8, 4) is 5.75 Å². The molecule has 6 nitrogen and oxygen atoms in total. The van der Waals surface area contributed by atoms with Crippen LogP contribution in [-0.4, -0.2) is 34.4 Å². The van der Waals surface area contributed by atoms with E-state index in [4.69, 9.17) is 4.74 Å². The second-order valence-electron chi connectivity index (χ2n) is 5.85. The highest BCUT2D eigenvalue weighted by molar-refractivity contribution is 5.75. The van der Waals surface area contributed by atoms with Gasteiger partial charge in [-0.15, -0.1) is 0 Å². The molecule has 3 rings (SSSR count). The van der Waals surface area contributed by atoms with Gasteiger partial charge in [-0.3, -0.25) is 4.68 Å². The Morgan fingerprint density at radius 1 is 1.48 bits per heavy atom. The molecule has 2 amide bonds. The quantitative estimate of drug-likeness (QED) is 0.942. The fourth-order valence-electron chi connectivity index (χ4n) is 2.92. The van der Waals surface area contributed by atoms with Crippen molar-refractivity contribution in [3.05, 3.63) is 47.3 Å². The second kappa shape index (κ2) is 6.32. The van der Waals surface area contributed by atoms with Crippen molar-refractivity contribution in [2.24, 2.45) is 7.05 Å². The maximum absolute atomic E-state index is 12.4. The lowest BCUT2D eigenvalue weighted by molar-refractivity contribution is 0.115. The number of aryl methyl sites for hydroxylation is 2. The number of methoxy groups -OCH3 is 1. The monoisotopic (exact) mass is 314 g/mol. The van der Waals surface area contributed by atoms with Crippen LogP contribution in [0.25, 0.3) is 0 Å². The summed E-state index contributed by atoms with van der Waals surface area (Å²) in [5.41, 5.74) is 3.10. The average molecular weight is 314 g/mol. The second-order valence-corrected chi connectivity index (χ2v) is 5.85. The number of rotatable bonds is 4. The van der Waals surface area contributed by atoms with E-state index in [9.17, 15) is 4.79 Å². The molecule has 2 aromatic rings. The minimum atomic E-state index is -0.0349. The van der Waals surface area contributed by atoms with Crippen LogP contribution >= 0.6 is 0 Å². The smallest absolute Gasteiger partial charge is 0.318 e. The van der Waals surface area contributed by atoms with Crippen LogP contribution in [0.2, 0.25) is 0 Å². The molecular formula is C17H22N4O2. The zero-order chi connectivity index (χ0) is 16.4. The van der Waals surface area contributed by atoms with Crippen LogP contribution in [0, 0.1) is 6.92 Å². The Hall–Kier alpha value is -2.50. The molecule has 1 aliphatic rings. The van der Waals surface area contributed by atoms with Crippen molar-refractivity contribution < 1.29 is 9.53 Å². The standard InChI is InChI=1S/C17H22N4O2/c1-12-14(11-20(2)19-12)10-18-17(22)21-8-7-16(21)13-5-4-6-15(9-13)23-3/h4-6,9,11,16H,7-8,10H2,1-3H3,(H,18,22). The number of nitrogens with one attached hydrogen (secondary N) is 1. The molecule has 122 valence electrons. The molecule has 1 aromatic heterocycles. The van der Waals surface area contributed by atoms with Gasteiger partial charge < -0.3 is 15.0 Å². The van der Waals surface area contributed by atoms with Crippen LogP contribution in [0.5, 0.6) is 5.75 Å². The third kappa shape index (κ3) is 3.16. The van der Waals surface area contributed by atoms with E-state index in [1.807, 2.05) is 49.3 Å². The number of amides is 2. The summed E-state index contributed by atoms with van der Waals surface area (Å²) in [5.74, 6) is 0.820. The third-order valence-corrected chi connectivity index (χ3v) is 4.30. The van der Waals surface area contributed by atoms with E-state index in [-0.39, 0.29) is 12.1 Å². The van der Waals surface area contributed by atoms with Crippen LogP contribution in [0.15, 0.2) is 30.5 Å². The topological polar surface area (TPSA) is 59.4 Å². The molecule has 0 radical (unpaired) electrons. The summed E-state index contributed by atoms with van der Waals surface area (Å²) in [6.45, 7) is 3.23. The lowest BCUT2D eigenvalue weighted by atomic mass is 9.95. The van der Waals surface area contributed by atoms with Gasteiger partial charge in [0.05, 0.1) is 18.8 Å². The molecule has 0 spiro atoms. The van der Waals surface area contributed by atoms with Gasteiger partial charge in [0.2, 0.25) is 0 Å². The zero-order valence-electron chi connectivity index (χ0n) is 13.7. The largest absolute Gasteiger partial charge is 0.497 e. The van der Waals surface area contributed by atoms with E-state index in [1.165, 1.54) is 0 Å². The molecule has 1 aromatic carbocycles. The highest BCUT2D eigenvalue weighted by atomic mass is 16.5. The predicted octanol–water partition coefficient (Wildman–Crippen LogP) is 2.39. The summed E-state index contributed by atoms with van der Waals surface area (Å²) >= 11 is 0. The van der Waals surface area contributed by atoms with Crippen molar-refractivity contribution in [3.63, 3.8) is 0 Å². The van der Waals surface area contributed by atoms with Crippen LogP contribution in [0.3, 0.4) is 0 Å². The van der Waals surface area contributed by atoms with E-state index in [1.54, 1.807) is 11.8 Å². The lowest BCUT2D eigenvalue weighted by Gasteiger charge is -2.41. The first-order chi connectivity index (χ1) is 11.1. The maximum Gasteiger partial charge on any atom is 0.318 e. The van der Waals surface area contributed by atoms with Gasteiger partial charge in [-0.1, -0.05) is 12.1 Å². The van der Waals surface area contributed by atoms with Crippen molar-refractivity contribution >= 4 is 6.03 Å². The maximum atomic E-state index is 12.4. The van der Waals surface area contributed by atoms with E-state index in [0.29, 0.717) is 6.54 Å². The first kappa shape index (κ1) is 15.4. The van der Waals surface area contributed by atoms with E-state index < -0.39 is 0 Å². The van der Waals surface area contributed by atoms with Gasteiger partial charge >= 0.3 is 6.03 Å². The summed E-state index contributed by atoms with van der Waals surface area (Å²) in [6, 6.07) is 8.00. The average Bonchev–Trinajstić information content (AvgIpc) is 2.82. The first-order valence-corrected chi connectivity index (χ1v) is 7.76. The van der Waals surface area contributed by atoms with Gasteiger partial charge in [-0.05, 0) is 31.0 Å². The summed E-state index contributed by atoms with van der Waals surface area (Å²) in [7, 11) is 3.53. The Bertz CT molecular complexity index is 710. The number of hydrogen-bond acceptors (Lipinski definition) is 3. The fraction of sp³-hybridized carbons (Fsp3) is 0.412. The Morgan fingerprint density at radius 2 is 2.30 bits per heavy atom. The number of benzene rings is 1. The number of aromatic nitrogens is 2. The summed E-state index contributed by atoms with van der Waals surface area (Å²) in [6.07, 6.45) is 2.91. The lowest BCUT2D eigenvalue weighted by Crippen LogP contribution is -2.49. The van der Waals surface area contributed by atoms with Crippen LogP contribution in [0.1, 0.15) is 29.3 Å². The van der Waals surface area contributed by atoms with Crippen molar-refractivity contribution in [1.82, 2.24) is 20.0 Å². The Balaban J connectivity index is 1.62. The van der Waals surface area contributed by atoms with Crippen molar-refractivity contribution in [1.29, 1.82) is 0 Å². The predicted molar refractivity (Wildman–Crippen MR) is 87.2 cm³/mol. The number of nitrogens with zero attached hydrogens (tertiary/aromatic N) is 3. The molecule has 0 saturated carbocycles. The van der Waals surface area contributed by atoms with Gasteiger partial charge in [-0.2, -0.15) is 5.10 Å². The first-order valence-electron chi connectivity index (χ1n) is 7.76. The number of ether oxygens (including phenoxy) is 1. The van der Waals surface area contributed by atoms with Crippen LogP contribution in [-0.2, 0) is 13.6 Å². The van der Waals surface area contributed by atoms with E-state index in [0.717, 1.165) is 35.5 Å². The van der Waals surface area contributed by atoms with Crippen molar-refractivity contribution in [2.45, 2.75) is 25.9 Å². The SMILES string of the molecule is COc1cccc(C2CCN2C(=O)NCc2cn(C)nc2C)c1. The number of urea groups is 1. The van der Waals surface area contributed by atoms with Gasteiger partial charge in [0.15, 0.2) is 0 Å². The third-order valence-electron chi connectivity index (χ3n) is 4.30. The van der Waals surface area contributed by atoms with Gasteiger partial charge in [0.1, 0.15) is 5.75 Å². The number of carbonyl (C=O) groups excluding carboxylic acids is 1. The normalized spacial score (nSPS) is 16.8. The van der Waals surface area contributed by atoms with Gasteiger partial charge in [0, 0.05) is 31.9 Å². The van der Waals surface area contributed by atoms with Gasteiger partial charge in [0.25, 0.3) is 0 Å². The Labute approximate surface area is 136 Å². The molecular weight excluding hydrogens is 292 g/mol. The number of hydrogen-bond donors (Lipinski definition) is 1. The van der Waals surface area contributed by atoms with Crippen LogP contribution < -0.4 is 10.1 Å². The summed E-state index contributed by atoms with van der Waals surface area (Å²) in [5, 5.41) is 7.27. The molecule has 2 heterocycles. The molecule has 1 saturated heterocycles.